The molecular formula is C23H36N4O7. The van der Waals surface area contributed by atoms with Gasteiger partial charge in [0, 0.05) is 32.1 Å². The number of nitrogens with one attached hydrogen (secondary N) is 4. The number of ether oxygens (including phenoxy) is 3. The molecule has 0 saturated heterocycles. The lowest BCUT2D eigenvalue weighted by Gasteiger charge is -2.14. The molecule has 0 aliphatic heterocycles. The number of carbonyl (C=O) groups excluding carboxylic acids is 4. The fourth-order valence-electron chi connectivity index (χ4n) is 2.54. The monoisotopic (exact) mass is 480 g/mol. The summed E-state index contributed by atoms with van der Waals surface area (Å²) in [4.78, 5) is 46.8. The van der Waals surface area contributed by atoms with E-state index in [2.05, 4.69) is 21.3 Å². The zero-order valence-corrected chi connectivity index (χ0v) is 20.1. The number of hydrogen-bond acceptors (Lipinski definition) is 7. The summed E-state index contributed by atoms with van der Waals surface area (Å²) < 4.78 is 15.6. The van der Waals surface area contributed by atoms with E-state index in [4.69, 9.17) is 14.2 Å². The number of hydrogen-bond donors (Lipinski definition) is 4. The highest BCUT2D eigenvalue weighted by atomic mass is 16.5. The summed E-state index contributed by atoms with van der Waals surface area (Å²) in [6.45, 7) is 5.50. The van der Waals surface area contributed by atoms with Gasteiger partial charge in [0.2, 0.25) is 17.7 Å². The lowest BCUT2D eigenvalue weighted by molar-refractivity contribution is -0.127. The van der Waals surface area contributed by atoms with Crippen molar-refractivity contribution in [3.8, 4) is 0 Å². The van der Waals surface area contributed by atoms with Crippen molar-refractivity contribution in [1.82, 2.24) is 16.0 Å². The van der Waals surface area contributed by atoms with Gasteiger partial charge in [0.1, 0.15) is 12.6 Å². The van der Waals surface area contributed by atoms with Crippen LogP contribution in [0.1, 0.15) is 38.7 Å². The van der Waals surface area contributed by atoms with Gasteiger partial charge >= 0.3 is 6.09 Å². The smallest absolute Gasteiger partial charge is 0.407 e. The number of alkyl carbamates (subject to hydrolysis) is 1. The van der Waals surface area contributed by atoms with Gasteiger partial charge in [0.05, 0.1) is 26.4 Å². The molecule has 1 rings (SSSR count). The third kappa shape index (κ3) is 13.4. The molecule has 0 aromatic heterocycles. The van der Waals surface area contributed by atoms with Gasteiger partial charge in [-0.1, -0.05) is 19.1 Å². The molecule has 0 unspecified atom stereocenters. The summed E-state index contributed by atoms with van der Waals surface area (Å²) in [5.74, 6) is -0.708. The molecule has 4 amide bonds. The van der Waals surface area contributed by atoms with Crippen molar-refractivity contribution in [3.05, 3.63) is 29.8 Å². The molecule has 0 fully saturated rings. The second-order valence-corrected chi connectivity index (χ2v) is 7.38. The molecule has 1 aromatic carbocycles. The van der Waals surface area contributed by atoms with Gasteiger partial charge < -0.3 is 35.5 Å². The average molecular weight is 481 g/mol. The van der Waals surface area contributed by atoms with Crippen LogP contribution in [0, 0.1) is 0 Å². The van der Waals surface area contributed by atoms with E-state index in [0.29, 0.717) is 38.5 Å². The van der Waals surface area contributed by atoms with E-state index in [1.54, 1.807) is 31.2 Å². The Morgan fingerprint density at radius 2 is 1.53 bits per heavy atom. The van der Waals surface area contributed by atoms with Crippen LogP contribution in [0.25, 0.3) is 0 Å². The Morgan fingerprint density at radius 1 is 0.912 bits per heavy atom. The molecule has 0 saturated carbocycles. The Bertz CT molecular complexity index is 771. The SMILES string of the molecule is CCCNC(=O)CCOCCOCCC(=O)N[C@@H](C)C(=O)Nc1ccc(COC(=O)NC)cc1. The van der Waals surface area contributed by atoms with Crippen LogP contribution in [0.4, 0.5) is 10.5 Å². The Balaban J connectivity index is 2.15. The predicted molar refractivity (Wildman–Crippen MR) is 126 cm³/mol. The Morgan fingerprint density at radius 3 is 2.12 bits per heavy atom. The average Bonchev–Trinajstić information content (AvgIpc) is 2.83. The number of anilines is 1. The van der Waals surface area contributed by atoms with E-state index in [1.807, 2.05) is 6.92 Å². The molecule has 0 bridgehead atoms. The van der Waals surface area contributed by atoms with Gasteiger partial charge in [0.25, 0.3) is 0 Å². The maximum absolute atomic E-state index is 12.3. The molecule has 0 aliphatic carbocycles. The molecular weight excluding hydrogens is 444 g/mol. The predicted octanol–water partition coefficient (Wildman–Crippen LogP) is 1.33. The molecule has 0 heterocycles. The van der Waals surface area contributed by atoms with Gasteiger partial charge in [-0.2, -0.15) is 0 Å². The normalized spacial score (nSPS) is 11.3. The van der Waals surface area contributed by atoms with E-state index < -0.39 is 12.1 Å². The minimum atomic E-state index is -0.731. The van der Waals surface area contributed by atoms with Crippen LogP contribution in [0.15, 0.2) is 24.3 Å². The van der Waals surface area contributed by atoms with Crippen LogP contribution >= 0.6 is 0 Å². The number of amides is 4. The summed E-state index contributed by atoms with van der Waals surface area (Å²) in [6.07, 6.45) is 0.781. The standard InChI is InChI=1S/C23H36N4O7/c1-4-11-25-20(28)9-12-32-14-15-33-13-10-21(29)26-17(2)22(30)27-19-7-5-18(6-8-19)16-34-23(31)24-3/h5-8,17H,4,9-16H2,1-3H3,(H,24,31)(H,25,28)(H,26,29)(H,27,30)/t17-/m0/s1. The number of benzene rings is 1. The number of rotatable bonds is 16. The fourth-order valence-corrected chi connectivity index (χ4v) is 2.54. The Labute approximate surface area is 200 Å². The highest BCUT2D eigenvalue weighted by Crippen LogP contribution is 2.11. The van der Waals surface area contributed by atoms with Crippen LogP contribution in [0.3, 0.4) is 0 Å². The molecule has 190 valence electrons. The third-order valence-corrected chi connectivity index (χ3v) is 4.46. The topological polar surface area (TPSA) is 144 Å². The zero-order chi connectivity index (χ0) is 25.2. The quantitative estimate of drug-likeness (QED) is 0.261. The number of carbonyl (C=O) groups is 4. The molecule has 34 heavy (non-hydrogen) atoms. The Kier molecular flexibility index (Phi) is 14.7. The first-order valence-electron chi connectivity index (χ1n) is 11.3. The summed E-state index contributed by atoms with van der Waals surface area (Å²) >= 11 is 0. The first-order valence-corrected chi connectivity index (χ1v) is 11.3. The van der Waals surface area contributed by atoms with Crippen molar-refractivity contribution in [2.75, 3.05) is 45.3 Å². The van der Waals surface area contributed by atoms with Gasteiger partial charge in [-0.05, 0) is 31.0 Å². The van der Waals surface area contributed by atoms with Crippen LogP contribution in [0.2, 0.25) is 0 Å². The summed E-state index contributed by atoms with van der Waals surface area (Å²) in [6, 6.07) is 6.09. The minimum Gasteiger partial charge on any atom is -0.445 e. The molecule has 0 radical (unpaired) electrons. The first-order chi connectivity index (χ1) is 16.3. The van der Waals surface area contributed by atoms with Crippen LogP contribution in [-0.4, -0.2) is 69.9 Å². The van der Waals surface area contributed by atoms with Crippen molar-refractivity contribution in [1.29, 1.82) is 0 Å². The molecule has 11 nitrogen and oxygen atoms in total. The van der Waals surface area contributed by atoms with Gasteiger partial charge in [-0.25, -0.2) is 4.79 Å². The van der Waals surface area contributed by atoms with Crippen molar-refractivity contribution in [2.45, 2.75) is 45.8 Å². The van der Waals surface area contributed by atoms with Gasteiger partial charge in [-0.3, -0.25) is 14.4 Å². The molecule has 0 aliphatic rings. The van der Waals surface area contributed by atoms with E-state index >= 15 is 0 Å². The maximum atomic E-state index is 12.3. The summed E-state index contributed by atoms with van der Waals surface area (Å²) in [5, 5.41) is 10.5. The minimum absolute atomic E-state index is 0.0397. The summed E-state index contributed by atoms with van der Waals surface area (Å²) in [5.41, 5.74) is 1.33. The van der Waals surface area contributed by atoms with Crippen LogP contribution < -0.4 is 21.3 Å². The van der Waals surface area contributed by atoms with Crippen molar-refractivity contribution in [3.63, 3.8) is 0 Å². The zero-order valence-electron chi connectivity index (χ0n) is 20.1. The van der Waals surface area contributed by atoms with Crippen LogP contribution in [0.5, 0.6) is 0 Å². The molecule has 11 heteroatoms. The highest BCUT2D eigenvalue weighted by Gasteiger charge is 2.15. The second kappa shape index (κ2) is 17.3. The van der Waals surface area contributed by atoms with Crippen molar-refractivity contribution >= 4 is 29.5 Å². The largest absolute Gasteiger partial charge is 0.445 e. The lowest BCUT2D eigenvalue weighted by atomic mass is 10.2. The van der Waals surface area contributed by atoms with Gasteiger partial charge in [0.15, 0.2) is 0 Å². The first kappa shape index (κ1) is 28.9. The molecule has 1 atom stereocenters. The van der Waals surface area contributed by atoms with Crippen molar-refractivity contribution < 1.29 is 33.4 Å². The highest BCUT2D eigenvalue weighted by molar-refractivity contribution is 5.96. The van der Waals surface area contributed by atoms with Crippen molar-refractivity contribution in [2.24, 2.45) is 0 Å². The molecule has 4 N–H and O–H groups in total. The second-order valence-electron chi connectivity index (χ2n) is 7.38. The van der Waals surface area contributed by atoms with E-state index in [1.165, 1.54) is 7.05 Å². The summed E-state index contributed by atoms with van der Waals surface area (Å²) in [7, 11) is 1.48. The molecule has 1 aromatic rings. The van der Waals surface area contributed by atoms with E-state index in [-0.39, 0.29) is 37.4 Å². The fraction of sp³-hybridized carbons (Fsp3) is 0.565. The van der Waals surface area contributed by atoms with Crippen LogP contribution in [-0.2, 0) is 35.2 Å². The molecule has 0 spiro atoms. The lowest BCUT2D eigenvalue weighted by Crippen LogP contribution is -2.41. The Hall–Kier alpha value is -3.18. The van der Waals surface area contributed by atoms with Gasteiger partial charge in [-0.15, -0.1) is 0 Å². The van der Waals surface area contributed by atoms with E-state index in [0.717, 1.165) is 12.0 Å². The maximum Gasteiger partial charge on any atom is 0.407 e. The van der Waals surface area contributed by atoms with E-state index in [9.17, 15) is 19.2 Å². The third-order valence-electron chi connectivity index (χ3n) is 4.46.